The molecule has 0 bridgehead atoms. The number of hydrogen-bond acceptors (Lipinski definition) is 3. The van der Waals surface area contributed by atoms with Crippen LogP contribution in [0, 0.1) is 5.82 Å². The van der Waals surface area contributed by atoms with Crippen LogP contribution in [0.15, 0.2) is 24.3 Å². The molecule has 0 aromatic heterocycles. The second-order valence-corrected chi connectivity index (χ2v) is 6.11. The highest BCUT2D eigenvalue weighted by molar-refractivity contribution is 5.82. The van der Waals surface area contributed by atoms with Gasteiger partial charge in [0.25, 0.3) is 0 Å². The maximum absolute atomic E-state index is 13.8. The maximum atomic E-state index is 13.8. The lowest BCUT2D eigenvalue weighted by molar-refractivity contribution is -0.151. The van der Waals surface area contributed by atoms with Gasteiger partial charge in [-0.3, -0.25) is 4.79 Å². The van der Waals surface area contributed by atoms with Gasteiger partial charge < -0.3 is 15.2 Å². The minimum absolute atomic E-state index is 0.240. The third-order valence-corrected chi connectivity index (χ3v) is 3.89. The van der Waals surface area contributed by atoms with E-state index in [1.807, 2.05) is 13.8 Å². The molecule has 1 fully saturated rings. The summed E-state index contributed by atoms with van der Waals surface area (Å²) in [6.07, 6.45) is -0.972. The zero-order valence-electron chi connectivity index (χ0n) is 12.6. The van der Waals surface area contributed by atoms with Crippen molar-refractivity contribution in [1.29, 1.82) is 0 Å². The van der Waals surface area contributed by atoms with Crippen molar-refractivity contribution >= 4 is 11.9 Å². The molecule has 1 aliphatic heterocycles. The van der Waals surface area contributed by atoms with Gasteiger partial charge in [-0.2, -0.15) is 0 Å². The van der Waals surface area contributed by atoms with Crippen LogP contribution in [0.2, 0.25) is 0 Å². The van der Waals surface area contributed by atoms with Crippen LogP contribution in [0.4, 0.5) is 4.39 Å². The van der Waals surface area contributed by atoms with Gasteiger partial charge in [0, 0.05) is 12.0 Å². The molecular weight excluding hydrogens is 289 g/mol. The van der Waals surface area contributed by atoms with Crippen LogP contribution in [0.25, 0.3) is 0 Å². The number of ether oxygens (including phenoxy) is 1. The smallest absolute Gasteiger partial charge is 0.332 e. The molecule has 1 aromatic rings. The Morgan fingerprint density at radius 2 is 1.95 bits per heavy atom. The molecule has 1 aliphatic rings. The number of rotatable bonds is 5. The molecule has 0 aliphatic carbocycles. The van der Waals surface area contributed by atoms with Gasteiger partial charge in [-0.25, -0.2) is 9.18 Å². The van der Waals surface area contributed by atoms with Gasteiger partial charge in [-0.15, -0.1) is 0 Å². The van der Waals surface area contributed by atoms with Crippen molar-refractivity contribution < 1.29 is 23.8 Å². The zero-order chi connectivity index (χ0) is 16.3. The van der Waals surface area contributed by atoms with Crippen molar-refractivity contribution in [2.24, 2.45) is 0 Å². The molecule has 2 N–H and O–H groups in total. The standard InChI is InChI=1S/C16H20FNO4/c1-16(2,10-5-3-4-6-11(10)17)9-18-14(19)12-7-8-13(22-12)15(20)21/h3-6,12-13H,7-9H2,1-2H3,(H,18,19)(H,20,21)/t12-,13+/m0/s1. The van der Waals surface area contributed by atoms with Gasteiger partial charge in [-0.1, -0.05) is 32.0 Å². The molecule has 0 unspecified atom stereocenters. The van der Waals surface area contributed by atoms with E-state index in [1.54, 1.807) is 18.2 Å². The summed E-state index contributed by atoms with van der Waals surface area (Å²) in [5, 5.41) is 11.6. The molecule has 1 heterocycles. The average Bonchev–Trinajstić information content (AvgIpc) is 2.95. The molecule has 120 valence electrons. The Kier molecular flexibility index (Phi) is 4.81. The predicted molar refractivity (Wildman–Crippen MR) is 78.0 cm³/mol. The number of carboxylic acid groups (broad SMARTS) is 1. The summed E-state index contributed by atoms with van der Waals surface area (Å²) in [4.78, 5) is 22.9. The molecule has 1 amide bonds. The van der Waals surface area contributed by atoms with Crippen molar-refractivity contribution in [3.8, 4) is 0 Å². The minimum Gasteiger partial charge on any atom is -0.479 e. The lowest BCUT2D eigenvalue weighted by Crippen LogP contribution is -2.42. The molecule has 1 saturated heterocycles. The first-order valence-corrected chi connectivity index (χ1v) is 7.22. The lowest BCUT2D eigenvalue weighted by Gasteiger charge is -2.26. The van der Waals surface area contributed by atoms with Crippen molar-refractivity contribution in [2.75, 3.05) is 6.54 Å². The Hall–Kier alpha value is -1.95. The van der Waals surface area contributed by atoms with Crippen LogP contribution in [0.1, 0.15) is 32.3 Å². The van der Waals surface area contributed by atoms with Crippen LogP contribution in [0.5, 0.6) is 0 Å². The molecule has 6 heteroatoms. The Bertz CT molecular complexity index is 573. The third kappa shape index (κ3) is 3.62. The minimum atomic E-state index is -1.05. The van der Waals surface area contributed by atoms with Crippen molar-refractivity contribution in [1.82, 2.24) is 5.32 Å². The first-order chi connectivity index (χ1) is 10.3. The molecule has 22 heavy (non-hydrogen) atoms. The number of carboxylic acids is 1. The van der Waals surface area contributed by atoms with E-state index in [0.29, 0.717) is 18.4 Å². The number of amides is 1. The number of carbonyl (C=O) groups excluding carboxylic acids is 1. The van der Waals surface area contributed by atoms with Gasteiger partial charge in [0.2, 0.25) is 5.91 Å². The Morgan fingerprint density at radius 3 is 2.55 bits per heavy atom. The summed E-state index contributed by atoms with van der Waals surface area (Å²) in [6.45, 7) is 3.91. The summed E-state index contributed by atoms with van der Waals surface area (Å²) in [6, 6.07) is 6.44. The SMILES string of the molecule is CC(C)(CNC(=O)[C@@H]1CC[C@H](C(=O)O)O1)c1ccccc1F. The molecule has 0 saturated carbocycles. The predicted octanol–water partition coefficient (Wildman–Crippen LogP) is 1.85. The van der Waals surface area contributed by atoms with E-state index < -0.39 is 23.6 Å². The summed E-state index contributed by atoms with van der Waals surface area (Å²) in [7, 11) is 0. The summed E-state index contributed by atoms with van der Waals surface area (Å²) in [5.74, 6) is -1.72. The Morgan fingerprint density at radius 1 is 1.32 bits per heavy atom. The fraction of sp³-hybridized carbons (Fsp3) is 0.500. The van der Waals surface area contributed by atoms with E-state index in [0.717, 1.165) is 0 Å². The Labute approximate surface area is 128 Å². The van der Waals surface area contributed by atoms with Crippen LogP contribution >= 0.6 is 0 Å². The van der Waals surface area contributed by atoms with Crippen LogP contribution < -0.4 is 5.32 Å². The van der Waals surface area contributed by atoms with Crippen molar-refractivity contribution in [3.63, 3.8) is 0 Å². The van der Waals surface area contributed by atoms with Crippen LogP contribution in [0.3, 0.4) is 0 Å². The van der Waals surface area contributed by atoms with E-state index in [4.69, 9.17) is 9.84 Å². The van der Waals surface area contributed by atoms with Gasteiger partial charge in [0.15, 0.2) is 6.10 Å². The van der Waals surface area contributed by atoms with E-state index in [-0.39, 0.29) is 18.3 Å². The van der Waals surface area contributed by atoms with Crippen molar-refractivity contribution in [2.45, 2.75) is 44.3 Å². The molecule has 2 rings (SSSR count). The number of benzene rings is 1. The van der Waals surface area contributed by atoms with Gasteiger partial charge in [0.05, 0.1) is 0 Å². The van der Waals surface area contributed by atoms with Crippen LogP contribution in [-0.2, 0) is 19.7 Å². The van der Waals surface area contributed by atoms with Crippen molar-refractivity contribution in [3.05, 3.63) is 35.6 Å². The normalized spacial score (nSPS) is 21.6. The number of halogens is 1. The summed E-state index contributed by atoms with van der Waals surface area (Å²) < 4.78 is 19.0. The fourth-order valence-corrected chi connectivity index (χ4v) is 2.54. The second kappa shape index (κ2) is 6.44. The maximum Gasteiger partial charge on any atom is 0.332 e. The lowest BCUT2D eigenvalue weighted by atomic mass is 9.84. The number of hydrogen-bond donors (Lipinski definition) is 2. The summed E-state index contributed by atoms with van der Waals surface area (Å²) >= 11 is 0. The van der Waals surface area contributed by atoms with E-state index >= 15 is 0 Å². The topological polar surface area (TPSA) is 75.6 Å². The zero-order valence-corrected chi connectivity index (χ0v) is 12.6. The van der Waals surface area contributed by atoms with E-state index in [2.05, 4.69) is 5.32 Å². The quantitative estimate of drug-likeness (QED) is 0.870. The highest BCUT2D eigenvalue weighted by Gasteiger charge is 2.35. The highest BCUT2D eigenvalue weighted by Crippen LogP contribution is 2.25. The number of aliphatic carboxylic acids is 1. The largest absolute Gasteiger partial charge is 0.479 e. The highest BCUT2D eigenvalue weighted by atomic mass is 19.1. The van der Waals surface area contributed by atoms with Gasteiger partial charge in [-0.05, 0) is 24.5 Å². The molecular formula is C16H20FNO4. The monoisotopic (exact) mass is 309 g/mol. The molecule has 2 atom stereocenters. The molecule has 0 radical (unpaired) electrons. The Balaban J connectivity index is 1.94. The third-order valence-electron chi connectivity index (χ3n) is 3.89. The van der Waals surface area contributed by atoms with Gasteiger partial charge in [0.1, 0.15) is 11.9 Å². The summed E-state index contributed by atoms with van der Waals surface area (Å²) in [5.41, 5.74) is -0.0581. The number of nitrogens with one attached hydrogen (secondary N) is 1. The molecule has 5 nitrogen and oxygen atoms in total. The van der Waals surface area contributed by atoms with Gasteiger partial charge >= 0.3 is 5.97 Å². The van der Waals surface area contributed by atoms with Crippen LogP contribution in [-0.4, -0.2) is 35.7 Å². The average molecular weight is 309 g/mol. The first kappa shape index (κ1) is 16.4. The molecule has 0 spiro atoms. The van der Waals surface area contributed by atoms with E-state index in [9.17, 15) is 14.0 Å². The fourth-order valence-electron chi connectivity index (χ4n) is 2.54. The first-order valence-electron chi connectivity index (χ1n) is 7.22. The van der Waals surface area contributed by atoms with E-state index in [1.165, 1.54) is 6.07 Å². The number of carbonyl (C=O) groups is 2. The second-order valence-electron chi connectivity index (χ2n) is 6.11. The molecule has 1 aromatic carbocycles.